The van der Waals surface area contributed by atoms with E-state index in [2.05, 4.69) is 5.32 Å². The molecule has 2 rings (SSSR count). The quantitative estimate of drug-likeness (QED) is 0.835. The molecular formula is C16H25N3O2. The number of rotatable bonds is 6. The van der Waals surface area contributed by atoms with Crippen LogP contribution in [0.4, 0.5) is 5.69 Å². The molecule has 116 valence electrons. The van der Waals surface area contributed by atoms with Crippen LogP contribution in [0.25, 0.3) is 0 Å². The van der Waals surface area contributed by atoms with Crippen LogP contribution in [0.1, 0.15) is 24.8 Å². The first-order valence-corrected chi connectivity index (χ1v) is 7.57. The maximum absolute atomic E-state index is 12.1. The van der Waals surface area contributed by atoms with Gasteiger partial charge in [0.2, 0.25) is 5.91 Å². The van der Waals surface area contributed by atoms with Crippen LogP contribution >= 0.6 is 0 Å². The number of nitrogens with zero attached hydrogens (tertiary/aromatic N) is 1. The number of carbonyl (C=O) groups excluding carboxylic acids is 1. The highest BCUT2D eigenvalue weighted by Crippen LogP contribution is 2.15. The van der Waals surface area contributed by atoms with E-state index < -0.39 is 0 Å². The molecule has 0 saturated carbocycles. The van der Waals surface area contributed by atoms with Gasteiger partial charge in [-0.2, -0.15) is 0 Å². The third kappa shape index (κ3) is 5.12. The van der Waals surface area contributed by atoms with Crippen molar-refractivity contribution in [2.24, 2.45) is 5.73 Å². The van der Waals surface area contributed by atoms with E-state index in [1.54, 1.807) is 0 Å². The predicted octanol–water partition coefficient (Wildman–Crippen LogP) is 1.58. The minimum atomic E-state index is -0.0193. The van der Waals surface area contributed by atoms with Crippen molar-refractivity contribution in [1.82, 2.24) is 4.90 Å². The molecule has 1 heterocycles. The van der Waals surface area contributed by atoms with Crippen molar-refractivity contribution in [3.8, 4) is 0 Å². The molecule has 0 aliphatic carbocycles. The maximum atomic E-state index is 12.1. The molecule has 0 bridgehead atoms. The normalized spacial score (nSPS) is 18.7. The van der Waals surface area contributed by atoms with E-state index in [0.717, 1.165) is 37.2 Å². The summed E-state index contributed by atoms with van der Waals surface area (Å²) in [5, 5.41) is 2.93. The molecule has 0 radical (unpaired) electrons. The average molecular weight is 291 g/mol. The largest absolute Gasteiger partial charge is 0.377 e. The standard InChI is InChI=1S/C16H25N3O2/c1-19(11-14-7-4-5-9-21-14)12-16(20)18-15-8-3-2-6-13(15)10-17/h2-3,6,8,14H,4-5,7,9-12,17H2,1H3,(H,18,20). The monoisotopic (exact) mass is 291 g/mol. The maximum Gasteiger partial charge on any atom is 0.238 e. The summed E-state index contributed by atoms with van der Waals surface area (Å²) in [6, 6.07) is 7.62. The van der Waals surface area contributed by atoms with Gasteiger partial charge in [-0.3, -0.25) is 9.69 Å². The Kier molecular flexibility index (Phi) is 6.17. The molecule has 5 nitrogen and oxygen atoms in total. The lowest BCUT2D eigenvalue weighted by Crippen LogP contribution is -2.38. The van der Waals surface area contributed by atoms with Crippen molar-refractivity contribution in [3.63, 3.8) is 0 Å². The second-order valence-electron chi connectivity index (χ2n) is 5.59. The molecule has 1 aliphatic rings. The number of benzene rings is 1. The van der Waals surface area contributed by atoms with Gasteiger partial charge >= 0.3 is 0 Å². The zero-order valence-corrected chi connectivity index (χ0v) is 12.7. The van der Waals surface area contributed by atoms with Gasteiger partial charge in [0.1, 0.15) is 0 Å². The minimum absolute atomic E-state index is 0.0193. The molecule has 1 amide bonds. The van der Waals surface area contributed by atoms with Gasteiger partial charge < -0.3 is 15.8 Å². The summed E-state index contributed by atoms with van der Waals surface area (Å²) in [7, 11) is 1.95. The number of amides is 1. The lowest BCUT2D eigenvalue weighted by Gasteiger charge is -2.27. The van der Waals surface area contributed by atoms with Crippen molar-refractivity contribution in [2.75, 3.05) is 32.1 Å². The number of nitrogens with two attached hydrogens (primary N) is 1. The second kappa shape index (κ2) is 8.12. The number of para-hydroxylation sites is 1. The molecular weight excluding hydrogens is 266 g/mol. The van der Waals surface area contributed by atoms with Crippen molar-refractivity contribution in [2.45, 2.75) is 31.9 Å². The van der Waals surface area contributed by atoms with Crippen LogP contribution in [0.15, 0.2) is 24.3 Å². The third-order valence-corrected chi connectivity index (χ3v) is 3.71. The molecule has 1 aromatic carbocycles. The molecule has 1 saturated heterocycles. The molecule has 21 heavy (non-hydrogen) atoms. The van der Waals surface area contributed by atoms with Gasteiger partial charge in [0.25, 0.3) is 0 Å². The molecule has 0 spiro atoms. The Labute approximate surface area is 126 Å². The van der Waals surface area contributed by atoms with Crippen LogP contribution in [-0.2, 0) is 16.1 Å². The highest BCUT2D eigenvalue weighted by molar-refractivity contribution is 5.92. The lowest BCUT2D eigenvalue weighted by atomic mass is 10.1. The van der Waals surface area contributed by atoms with Gasteiger partial charge in [-0.15, -0.1) is 0 Å². The number of hydrogen-bond donors (Lipinski definition) is 2. The summed E-state index contributed by atoms with van der Waals surface area (Å²) in [6.07, 6.45) is 3.71. The van der Waals surface area contributed by atoms with E-state index in [0.29, 0.717) is 13.1 Å². The molecule has 5 heteroatoms. The van der Waals surface area contributed by atoms with Crippen LogP contribution in [0, 0.1) is 0 Å². The van der Waals surface area contributed by atoms with Crippen molar-refractivity contribution >= 4 is 11.6 Å². The summed E-state index contributed by atoms with van der Waals surface area (Å²) in [5.41, 5.74) is 7.42. The van der Waals surface area contributed by atoms with E-state index in [1.165, 1.54) is 6.42 Å². The number of ether oxygens (including phenoxy) is 1. The van der Waals surface area contributed by atoms with Gasteiger partial charge in [0.05, 0.1) is 12.6 Å². The summed E-state index contributed by atoms with van der Waals surface area (Å²) in [5.74, 6) is -0.0193. The number of hydrogen-bond acceptors (Lipinski definition) is 4. The Morgan fingerprint density at radius 2 is 2.24 bits per heavy atom. The van der Waals surface area contributed by atoms with E-state index >= 15 is 0 Å². The Hall–Kier alpha value is -1.43. The molecule has 1 atom stereocenters. The first-order valence-electron chi connectivity index (χ1n) is 7.57. The molecule has 1 aliphatic heterocycles. The third-order valence-electron chi connectivity index (χ3n) is 3.71. The van der Waals surface area contributed by atoms with Crippen LogP contribution < -0.4 is 11.1 Å². The van der Waals surface area contributed by atoms with Crippen LogP contribution in [0.5, 0.6) is 0 Å². The van der Waals surface area contributed by atoms with Crippen molar-refractivity contribution < 1.29 is 9.53 Å². The molecule has 1 fully saturated rings. The first kappa shape index (κ1) is 15.9. The summed E-state index contributed by atoms with van der Waals surface area (Å²) in [6.45, 7) is 2.42. The highest BCUT2D eigenvalue weighted by Gasteiger charge is 2.17. The molecule has 3 N–H and O–H groups in total. The SMILES string of the molecule is CN(CC(=O)Nc1ccccc1CN)CC1CCCCO1. The van der Waals surface area contributed by atoms with Gasteiger partial charge in [0, 0.05) is 25.4 Å². The van der Waals surface area contributed by atoms with E-state index in [-0.39, 0.29) is 12.0 Å². The number of anilines is 1. The second-order valence-corrected chi connectivity index (χ2v) is 5.59. The van der Waals surface area contributed by atoms with Gasteiger partial charge in [-0.1, -0.05) is 18.2 Å². The highest BCUT2D eigenvalue weighted by atomic mass is 16.5. The van der Waals surface area contributed by atoms with Gasteiger partial charge in [0.15, 0.2) is 0 Å². The summed E-state index contributed by atoms with van der Waals surface area (Å²) in [4.78, 5) is 14.1. The van der Waals surface area contributed by atoms with E-state index in [9.17, 15) is 4.79 Å². The van der Waals surface area contributed by atoms with Crippen LogP contribution in [0.3, 0.4) is 0 Å². The smallest absolute Gasteiger partial charge is 0.238 e. The topological polar surface area (TPSA) is 67.6 Å². The Morgan fingerprint density at radius 3 is 2.95 bits per heavy atom. The van der Waals surface area contributed by atoms with Crippen molar-refractivity contribution in [1.29, 1.82) is 0 Å². The first-order chi connectivity index (χ1) is 10.2. The Morgan fingerprint density at radius 1 is 1.43 bits per heavy atom. The lowest BCUT2D eigenvalue weighted by molar-refractivity contribution is -0.117. The number of likely N-dealkylation sites (N-methyl/N-ethyl adjacent to an activating group) is 1. The van der Waals surface area contributed by atoms with E-state index in [4.69, 9.17) is 10.5 Å². The Balaban J connectivity index is 1.80. The fourth-order valence-corrected chi connectivity index (χ4v) is 2.62. The van der Waals surface area contributed by atoms with E-state index in [1.807, 2.05) is 36.2 Å². The molecule has 1 unspecified atom stereocenters. The van der Waals surface area contributed by atoms with Gasteiger partial charge in [-0.25, -0.2) is 0 Å². The zero-order chi connectivity index (χ0) is 15.1. The van der Waals surface area contributed by atoms with Crippen LogP contribution in [-0.4, -0.2) is 43.7 Å². The van der Waals surface area contributed by atoms with Crippen molar-refractivity contribution in [3.05, 3.63) is 29.8 Å². The number of carbonyl (C=O) groups is 1. The minimum Gasteiger partial charge on any atom is -0.377 e. The summed E-state index contributed by atoms with van der Waals surface area (Å²) < 4.78 is 5.70. The zero-order valence-electron chi connectivity index (χ0n) is 12.7. The predicted molar refractivity (Wildman–Crippen MR) is 84.1 cm³/mol. The fourth-order valence-electron chi connectivity index (χ4n) is 2.62. The average Bonchev–Trinajstić information content (AvgIpc) is 2.48. The molecule has 0 aromatic heterocycles. The Bertz CT molecular complexity index is 459. The van der Waals surface area contributed by atoms with Crippen LogP contribution in [0.2, 0.25) is 0 Å². The fraction of sp³-hybridized carbons (Fsp3) is 0.562. The summed E-state index contributed by atoms with van der Waals surface area (Å²) >= 11 is 0. The van der Waals surface area contributed by atoms with Gasteiger partial charge in [-0.05, 0) is 37.9 Å². The number of nitrogens with one attached hydrogen (secondary N) is 1. The molecule has 1 aromatic rings.